The fourth-order valence-electron chi connectivity index (χ4n) is 5.12. The zero-order chi connectivity index (χ0) is 21.6. The van der Waals surface area contributed by atoms with Crippen LogP contribution in [-0.2, 0) is 17.9 Å². The van der Waals surface area contributed by atoms with Gasteiger partial charge in [-0.3, -0.25) is 14.3 Å². The van der Waals surface area contributed by atoms with Crippen LogP contribution in [0.15, 0.2) is 57.7 Å². The Bertz CT molecular complexity index is 1190. The second-order valence-corrected chi connectivity index (χ2v) is 8.71. The maximum Gasteiger partial charge on any atom is 0.420 e. The molecule has 0 bridgehead atoms. The van der Waals surface area contributed by atoms with Crippen LogP contribution in [0.4, 0.5) is 4.39 Å². The van der Waals surface area contributed by atoms with Gasteiger partial charge in [-0.05, 0) is 35.7 Å². The first-order valence-electron chi connectivity index (χ1n) is 10.4. The molecule has 3 aromatic rings. The van der Waals surface area contributed by atoms with Gasteiger partial charge in [-0.15, -0.1) is 0 Å². The van der Waals surface area contributed by atoms with Crippen molar-refractivity contribution in [2.24, 2.45) is 11.3 Å². The van der Waals surface area contributed by atoms with Gasteiger partial charge in [0.05, 0.1) is 12.1 Å². The Hall–Kier alpha value is -2.97. The molecule has 2 saturated heterocycles. The number of nitrogens with zero attached hydrogens (tertiary/aromatic N) is 3. The smallest absolute Gasteiger partial charge is 0.408 e. The predicted molar refractivity (Wildman–Crippen MR) is 112 cm³/mol. The highest BCUT2D eigenvalue weighted by atomic mass is 19.1. The number of halogens is 1. The average Bonchev–Trinajstić information content (AvgIpc) is 3.36. The number of carbonyl (C=O) groups excluding carboxylic acids is 1. The van der Waals surface area contributed by atoms with Gasteiger partial charge in [-0.1, -0.05) is 24.3 Å². The van der Waals surface area contributed by atoms with E-state index in [1.54, 1.807) is 35.2 Å². The number of hydrogen-bond acceptors (Lipinski definition) is 5. The zero-order valence-corrected chi connectivity index (χ0v) is 17.0. The second-order valence-electron chi connectivity index (χ2n) is 8.71. The molecule has 2 aliphatic heterocycles. The molecule has 7 nitrogen and oxygen atoms in total. The molecule has 2 aromatic carbocycles. The van der Waals surface area contributed by atoms with Crippen molar-refractivity contribution in [2.75, 3.05) is 32.8 Å². The number of oxazole rings is 1. The van der Waals surface area contributed by atoms with Crippen LogP contribution in [0, 0.1) is 17.2 Å². The zero-order valence-electron chi connectivity index (χ0n) is 17.0. The first-order chi connectivity index (χ1) is 15.0. The van der Waals surface area contributed by atoms with E-state index in [-0.39, 0.29) is 30.8 Å². The number of para-hydroxylation sites is 2. The van der Waals surface area contributed by atoms with Crippen LogP contribution in [0.5, 0.6) is 0 Å². The van der Waals surface area contributed by atoms with Crippen LogP contribution in [0.2, 0.25) is 0 Å². The topological polar surface area (TPSA) is 78.9 Å². The lowest BCUT2D eigenvalue weighted by Crippen LogP contribution is -2.40. The molecule has 1 N–H and O–H groups in total. The molecule has 31 heavy (non-hydrogen) atoms. The van der Waals surface area contributed by atoms with Gasteiger partial charge in [0.1, 0.15) is 12.4 Å². The summed E-state index contributed by atoms with van der Waals surface area (Å²) in [5.74, 6) is -0.833. The number of benzene rings is 2. The lowest BCUT2D eigenvalue weighted by Gasteiger charge is -2.27. The summed E-state index contributed by atoms with van der Waals surface area (Å²) in [4.78, 5) is 29.2. The summed E-state index contributed by atoms with van der Waals surface area (Å²) >= 11 is 0. The van der Waals surface area contributed by atoms with E-state index < -0.39 is 11.2 Å². The van der Waals surface area contributed by atoms with Crippen molar-refractivity contribution in [3.05, 3.63) is 70.5 Å². The summed E-state index contributed by atoms with van der Waals surface area (Å²) < 4.78 is 20.1. The highest BCUT2D eigenvalue weighted by Gasteiger charge is 2.53. The van der Waals surface area contributed by atoms with Gasteiger partial charge in [0, 0.05) is 38.1 Å². The molecule has 8 heteroatoms. The molecule has 3 heterocycles. The summed E-state index contributed by atoms with van der Waals surface area (Å²) in [5.41, 5.74) is 1.55. The van der Waals surface area contributed by atoms with E-state index in [0.717, 1.165) is 12.1 Å². The second kappa shape index (κ2) is 7.62. The van der Waals surface area contributed by atoms with E-state index in [0.29, 0.717) is 37.3 Å². The Kier molecular flexibility index (Phi) is 4.91. The first-order valence-corrected chi connectivity index (χ1v) is 10.4. The molecule has 0 aliphatic carbocycles. The van der Waals surface area contributed by atoms with Crippen molar-refractivity contribution < 1.29 is 18.7 Å². The largest absolute Gasteiger partial charge is 0.420 e. The minimum atomic E-state index is -0.549. The Morgan fingerprint density at radius 1 is 1.16 bits per heavy atom. The average molecular weight is 425 g/mol. The molecule has 0 spiro atoms. The van der Waals surface area contributed by atoms with Gasteiger partial charge in [-0.25, -0.2) is 9.18 Å². The molecule has 0 unspecified atom stereocenters. The van der Waals surface area contributed by atoms with Crippen molar-refractivity contribution >= 4 is 17.0 Å². The molecule has 1 aromatic heterocycles. The van der Waals surface area contributed by atoms with Crippen molar-refractivity contribution in [3.63, 3.8) is 0 Å². The number of amides is 1. The number of aliphatic hydroxyl groups excluding tert-OH is 1. The van der Waals surface area contributed by atoms with Gasteiger partial charge >= 0.3 is 5.76 Å². The maximum atomic E-state index is 13.5. The van der Waals surface area contributed by atoms with Crippen LogP contribution in [0.1, 0.15) is 5.56 Å². The summed E-state index contributed by atoms with van der Waals surface area (Å²) in [7, 11) is 0. The Morgan fingerprint density at radius 2 is 2.00 bits per heavy atom. The van der Waals surface area contributed by atoms with Crippen LogP contribution in [0.3, 0.4) is 0 Å². The third-order valence-corrected chi connectivity index (χ3v) is 6.66. The third-order valence-electron chi connectivity index (χ3n) is 6.66. The molecule has 2 atom stereocenters. The maximum absolute atomic E-state index is 13.5. The molecule has 162 valence electrons. The summed E-state index contributed by atoms with van der Waals surface area (Å²) in [6, 6.07) is 13.6. The van der Waals surface area contributed by atoms with Crippen molar-refractivity contribution in [1.29, 1.82) is 0 Å². The van der Waals surface area contributed by atoms with Crippen LogP contribution >= 0.6 is 0 Å². The summed E-state index contributed by atoms with van der Waals surface area (Å²) in [5, 5.41) is 10.2. The third kappa shape index (κ3) is 3.55. The van der Waals surface area contributed by atoms with E-state index in [1.165, 1.54) is 16.7 Å². The van der Waals surface area contributed by atoms with Gasteiger partial charge in [0.25, 0.3) is 0 Å². The molecule has 1 amide bonds. The van der Waals surface area contributed by atoms with Gasteiger partial charge in [-0.2, -0.15) is 0 Å². The van der Waals surface area contributed by atoms with E-state index in [9.17, 15) is 19.1 Å². The molecule has 0 radical (unpaired) electrons. The minimum absolute atomic E-state index is 0.0182. The number of aromatic nitrogens is 1. The van der Waals surface area contributed by atoms with Gasteiger partial charge in [0.2, 0.25) is 5.91 Å². The normalized spacial score (nSPS) is 23.5. The van der Waals surface area contributed by atoms with E-state index in [1.807, 2.05) is 6.07 Å². The van der Waals surface area contributed by atoms with E-state index in [4.69, 9.17) is 4.42 Å². The molecule has 2 aliphatic rings. The molecular formula is C23H24FN3O4. The number of likely N-dealkylation sites (tertiary alicyclic amines) is 2. The van der Waals surface area contributed by atoms with Crippen molar-refractivity contribution in [3.8, 4) is 0 Å². The number of hydrogen-bond donors (Lipinski definition) is 1. The van der Waals surface area contributed by atoms with Crippen LogP contribution in [0.25, 0.3) is 11.1 Å². The number of aliphatic hydroxyl groups is 1. The Labute approximate surface area is 178 Å². The van der Waals surface area contributed by atoms with Crippen LogP contribution < -0.4 is 5.76 Å². The predicted octanol–water partition coefficient (Wildman–Crippen LogP) is 1.69. The monoisotopic (exact) mass is 425 g/mol. The summed E-state index contributed by atoms with van der Waals surface area (Å²) in [6.45, 7) is 2.85. The highest BCUT2D eigenvalue weighted by molar-refractivity contribution is 5.80. The van der Waals surface area contributed by atoms with Crippen molar-refractivity contribution in [2.45, 2.75) is 13.1 Å². The van der Waals surface area contributed by atoms with Gasteiger partial charge in [0.15, 0.2) is 5.58 Å². The number of rotatable bonds is 5. The van der Waals surface area contributed by atoms with Crippen LogP contribution in [-0.4, -0.2) is 58.2 Å². The molecule has 5 rings (SSSR count). The first kappa shape index (κ1) is 20.0. The fraction of sp³-hybridized carbons (Fsp3) is 0.391. The SMILES string of the molecule is O=C(Cn1c(=O)oc2ccccc21)N1C[C@@H]2CN(Cc3cccc(F)c3)C[C@]2(CO)C1. The standard InChI is InChI=1S/C23H24FN3O4/c24-18-5-3-4-16(8-18)9-25-10-17-11-26(14-23(17,13-25)15-28)21(29)12-27-19-6-1-2-7-20(19)31-22(27)30/h1-8,17,28H,9-15H2/t17-,23+/m0/s1. The fourth-order valence-corrected chi connectivity index (χ4v) is 5.12. The Morgan fingerprint density at radius 3 is 2.77 bits per heavy atom. The highest BCUT2D eigenvalue weighted by Crippen LogP contribution is 2.42. The molecular weight excluding hydrogens is 401 g/mol. The Balaban J connectivity index is 1.28. The lowest BCUT2D eigenvalue weighted by molar-refractivity contribution is -0.131. The number of fused-ring (bicyclic) bond motifs is 2. The van der Waals surface area contributed by atoms with Gasteiger partial charge < -0.3 is 14.4 Å². The molecule has 0 saturated carbocycles. The lowest BCUT2D eigenvalue weighted by atomic mass is 9.82. The van der Waals surface area contributed by atoms with E-state index >= 15 is 0 Å². The minimum Gasteiger partial charge on any atom is -0.408 e. The quantitative estimate of drug-likeness (QED) is 0.673. The molecule has 2 fully saturated rings. The van der Waals surface area contributed by atoms with Crippen molar-refractivity contribution in [1.82, 2.24) is 14.4 Å². The number of carbonyl (C=O) groups is 1. The van der Waals surface area contributed by atoms with E-state index in [2.05, 4.69) is 4.90 Å². The summed E-state index contributed by atoms with van der Waals surface area (Å²) in [6.07, 6.45) is 0.